The van der Waals surface area contributed by atoms with Gasteiger partial charge in [-0.2, -0.15) is 0 Å². The first-order valence-corrected chi connectivity index (χ1v) is 14.9. The highest BCUT2D eigenvalue weighted by Gasteiger charge is 2.45. The number of nitrogens with zero attached hydrogens (tertiary/aromatic N) is 1. The van der Waals surface area contributed by atoms with Gasteiger partial charge in [-0.1, -0.05) is 29.8 Å². The molecule has 0 saturated carbocycles. The van der Waals surface area contributed by atoms with Gasteiger partial charge in [-0.05, 0) is 91.5 Å². The molecule has 0 bridgehead atoms. The van der Waals surface area contributed by atoms with Crippen molar-refractivity contribution in [3.63, 3.8) is 0 Å². The van der Waals surface area contributed by atoms with Crippen molar-refractivity contribution in [1.29, 1.82) is 0 Å². The molecule has 1 fully saturated rings. The lowest BCUT2D eigenvalue weighted by Gasteiger charge is -2.44. The fourth-order valence-electron chi connectivity index (χ4n) is 5.71. The van der Waals surface area contributed by atoms with Crippen LogP contribution in [-0.2, 0) is 9.84 Å². The summed E-state index contributed by atoms with van der Waals surface area (Å²) in [6.45, 7) is 2.38. The van der Waals surface area contributed by atoms with Crippen LogP contribution in [0.4, 0.5) is 4.39 Å². The fourth-order valence-corrected chi connectivity index (χ4v) is 6.52. The lowest BCUT2D eigenvalue weighted by molar-refractivity contribution is -0.0197. The van der Waals surface area contributed by atoms with Crippen molar-refractivity contribution in [3.05, 3.63) is 99.8 Å². The summed E-state index contributed by atoms with van der Waals surface area (Å²) in [5, 5.41) is 17.3. The van der Waals surface area contributed by atoms with Gasteiger partial charge in [0, 0.05) is 34.2 Å². The molecular weight excluding hydrogens is 539 g/mol. The summed E-state index contributed by atoms with van der Waals surface area (Å²) >= 11 is 6.29. The Morgan fingerprint density at radius 2 is 1.87 bits per heavy atom. The van der Waals surface area contributed by atoms with Crippen molar-refractivity contribution >= 4 is 32.3 Å². The molecule has 5 rings (SSSR count). The topological polar surface area (TPSA) is 88.5 Å². The van der Waals surface area contributed by atoms with Crippen molar-refractivity contribution in [3.8, 4) is 5.88 Å². The Balaban J connectivity index is 1.68. The minimum absolute atomic E-state index is 0.192. The second-order valence-electron chi connectivity index (χ2n) is 10.3. The highest BCUT2D eigenvalue weighted by Crippen LogP contribution is 2.47. The average Bonchev–Trinajstić information content (AvgIpc) is 2.88. The van der Waals surface area contributed by atoms with E-state index in [0.717, 1.165) is 28.3 Å². The van der Waals surface area contributed by atoms with E-state index in [2.05, 4.69) is 5.32 Å². The van der Waals surface area contributed by atoms with Crippen molar-refractivity contribution in [1.82, 2.24) is 10.3 Å². The molecular formula is C30H30ClFN2O4S. The number of methoxy groups -OCH3 is 1. The number of aromatic nitrogens is 1. The quantitative estimate of drug-likeness (QED) is 0.308. The second kappa shape index (κ2) is 10.5. The van der Waals surface area contributed by atoms with Crippen LogP contribution in [0.25, 0.3) is 10.9 Å². The summed E-state index contributed by atoms with van der Waals surface area (Å²) in [6.07, 6.45) is 1.91. The second-order valence-corrected chi connectivity index (χ2v) is 12.7. The first kappa shape index (κ1) is 27.5. The number of nitrogens with one attached hydrogen (secondary N) is 1. The van der Waals surface area contributed by atoms with Crippen LogP contribution >= 0.6 is 11.6 Å². The van der Waals surface area contributed by atoms with Crippen molar-refractivity contribution < 1.29 is 22.7 Å². The zero-order valence-electron chi connectivity index (χ0n) is 21.9. The number of piperidine rings is 1. The molecule has 0 spiro atoms. The standard InChI is InChI=1S/C30H30ClFN2O4S/c1-18-14-22(32)7-10-24(18)27-17-30(35,12-13-33-27)28(19-4-8-23(9-5-19)39(3,36)37)25-16-20-15-21(31)6-11-26(20)34-29(25)38-2/h4-11,14-16,27-28,33,35H,12-13,17H2,1-3H3. The molecule has 4 aromatic rings. The Hall–Kier alpha value is -3.04. The third kappa shape index (κ3) is 5.52. The van der Waals surface area contributed by atoms with E-state index in [0.29, 0.717) is 41.4 Å². The maximum absolute atomic E-state index is 13.9. The lowest BCUT2D eigenvalue weighted by atomic mass is 9.70. The fraction of sp³-hybridized carbons (Fsp3) is 0.300. The summed E-state index contributed by atoms with van der Waals surface area (Å²) in [5.41, 5.74) is 2.52. The third-order valence-electron chi connectivity index (χ3n) is 7.57. The molecule has 1 saturated heterocycles. The molecule has 2 heterocycles. The number of sulfone groups is 1. The first-order chi connectivity index (χ1) is 18.5. The van der Waals surface area contributed by atoms with Crippen LogP contribution in [0.3, 0.4) is 0 Å². The summed E-state index contributed by atoms with van der Waals surface area (Å²) < 4.78 is 43.9. The maximum Gasteiger partial charge on any atom is 0.217 e. The molecule has 1 aliphatic rings. The predicted molar refractivity (Wildman–Crippen MR) is 151 cm³/mol. The van der Waals surface area contributed by atoms with E-state index in [1.54, 1.807) is 36.4 Å². The van der Waals surface area contributed by atoms with E-state index >= 15 is 0 Å². The molecule has 39 heavy (non-hydrogen) atoms. The van der Waals surface area contributed by atoms with Crippen LogP contribution in [0.1, 0.15) is 47.1 Å². The van der Waals surface area contributed by atoms with E-state index < -0.39 is 21.4 Å². The summed E-state index contributed by atoms with van der Waals surface area (Å²) in [7, 11) is -1.87. The Kier molecular flexibility index (Phi) is 7.41. The smallest absolute Gasteiger partial charge is 0.217 e. The van der Waals surface area contributed by atoms with Crippen LogP contribution in [-0.4, -0.2) is 44.0 Å². The highest BCUT2D eigenvalue weighted by atomic mass is 35.5. The number of halogens is 2. The number of pyridine rings is 1. The Bertz CT molecular complexity index is 1650. The minimum Gasteiger partial charge on any atom is -0.481 e. The Labute approximate surface area is 232 Å². The zero-order valence-corrected chi connectivity index (χ0v) is 23.5. The first-order valence-electron chi connectivity index (χ1n) is 12.6. The van der Waals surface area contributed by atoms with Gasteiger partial charge >= 0.3 is 0 Å². The van der Waals surface area contributed by atoms with Crippen LogP contribution in [0.2, 0.25) is 5.02 Å². The minimum atomic E-state index is -3.40. The molecule has 3 aromatic carbocycles. The number of benzene rings is 3. The molecule has 204 valence electrons. The number of hydrogen-bond acceptors (Lipinski definition) is 6. The monoisotopic (exact) mass is 568 g/mol. The van der Waals surface area contributed by atoms with Gasteiger partial charge in [-0.3, -0.25) is 0 Å². The molecule has 2 N–H and O–H groups in total. The zero-order chi connectivity index (χ0) is 27.9. The van der Waals surface area contributed by atoms with E-state index in [1.165, 1.54) is 19.2 Å². The van der Waals surface area contributed by atoms with E-state index in [1.807, 2.05) is 25.1 Å². The van der Waals surface area contributed by atoms with E-state index in [-0.39, 0.29) is 16.8 Å². The number of ether oxygens (including phenoxy) is 1. The normalized spacial score (nSPS) is 20.6. The molecule has 3 unspecified atom stereocenters. The SMILES string of the molecule is COc1nc2ccc(Cl)cc2cc1C(c1ccc(S(C)(=O)=O)cc1)C1(O)CCNC(c2ccc(F)cc2C)C1. The van der Waals surface area contributed by atoms with Crippen LogP contribution in [0.15, 0.2) is 71.6 Å². The Morgan fingerprint density at radius 3 is 2.54 bits per heavy atom. The van der Waals surface area contributed by atoms with Gasteiger partial charge in [-0.15, -0.1) is 0 Å². The molecule has 1 aromatic heterocycles. The van der Waals surface area contributed by atoms with Crippen molar-refractivity contribution in [2.75, 3.05) is 19.9 Å². The highest BCUT2D eigenvalue weighted by molar-refractivity contribution is 7.90. The van der Waals surface area contributed by atoms with Crippen molar-refractivity contribution in [2.45, 2.75) is 42.2 Å². The summed E-state index contributed by atoms with van der Waals surface area (Å²) in [5.74, 6) is -0.553. The average molecular weight is 569 g/mol. The van der Waals surface area contributed by atoms with Gasteiger partial charge in [0.05, 0.1) is 23.1 Å². The van der Waals surface area contributed by atoms with Gasteiger partial charge in [-0.25, -0.2) is 17.8 Å². The number of aryl methyl sites for hydroxylation is 1. The lowest BCUT2D eigenvalue weighted by Crippen LogP contribution is -2.48. The van der Waals surface area contributed by atoms with Gasteiger partial charge in [0.15, 0.2) is 9.84 Å². The van der Waals surface area contributed by atoms with Gasteiger partial charge in [0.2, 0.25) is 5.88 Å². The van der Waals surface area contributed by atoms with Crippen LogP contribution < -0.4 is 10.1 Å². The molecule has 3 atom stereocenters. The predicted octanol–water partition coefficient (Wildman–Crippen LogP) is 5.74. The molecule has 0 aliphatic carbocycles. The van der Waals surface area contributed by atoms with Gasteiger partial charge < -0.3 is 15.2 Å². The largest absolute Gasteiger partial charge is 0.481 e. The van der Waals surface area contributed by atoms with E-state index in [9.17, 15) is 17.9 Å². The molecule has 9 heteroatoms. The molecule has 6 nitrogen and oxygen atoms in total. The van der Waals surface area contributed by atoms with Gasteiger partial charge in [0.25, 0.3) is 0 Å². The number of aliphatic hydroxyl groups is 1. The summed E-state index contributed by atoms with van der Waals surface area (Å²) in [4.78, 5) is 4.91. The number of rotatable bonds is 6. The molecule has 0 radical (unpaired) electrons. The number of hydrogen-bond donors (Lipinski definition) is 2. The van der Waals surface area contributed by atoms with Crippen molar-refractivity contribution in [2.24, 2.45) is 0 Å². The van der Waals surface area contributed by atoms with Crippen LogP contribution in [0, 0.1) is 12.7 Å². The summed E-state index contributed by atoms with van der Waals surface area (Å²) in [6, 6.07) is 18.4. The molecule has 0 amide bonds. The molecule has 1 aliphatic heterocycles. The number of fused-ring (bicyclic) bond motifs is 1. The third-order valence-corrected chi connectivity index (χ3v) is 8.93. The maximum atomic E-state index is 13.9. The Morgan fingerprint density at radius 1 is 1.13 bits per heavy atom. The van der Waals surface area contributed by atoms with Crippen LogP contribution in [0.5, 0.6) is 5.88 Å². The van der Waals surface area contributed by atoms with E-state index in [4.69, 9.17) is 21.3 Å². The van der Waals surface area contributed by atoms with Gasteiger partial charge in [0.1, 0.15) is 5.82 Å².